The first-order valence-electron chi connectivity index (χ1n) is 5.85. The van der Waals surface area contributed by atoms with E-state index in [9.17, 15) is 9.59 Å². The first kappa shape index (κ1) is 16.2. The number of hydrogen-bond acceptors (Lipinski definition) is 4. The highest BCUT2D eigenvalue weighted by molar-refractivity contribution is 9.10. The van der Waals surface area contributed by atoms with E-state index in [1.54, 1.807) is 12.1 Å². The van der Waals surface area contributed by atoms with Crippen molar-refractivity contribution in [2.24, 2.45) is 0 Å². The topological polar surface area (TPSA) is 67.4 Å². The second kappa shape index (κ2) is 8.35. The van der Waals surface area contributed by atoms with Crippen LogP contribution < -0.4 is 10.6 Å². The summed E-state index contributed by atoms with van der Waals surface area (Å²) in [4.78, 5) is 23.2. The molecule has 1 atom stereocenters. The number of rotatable bonds is 6. The van der Waals surface area contributed by atoms with Gasteiger partial charge in [0.25, 0.3) is 0 Å². The van der Waals surface area contributed by atoms with Crippen LogP contribution in [0.2, 0.25) is 0 Å². The maximum atomic E-state index is 11.8. The monoisotopic (exact) mass is 338 g/mol. The predicted molar refractivity (Wildman–Crippen MR) is 78.7 cm³/mol. The molecule has 1 amide bonds. The van der Waals surface area contributed by atoms with Gasteiger partial charge in [-0.1, -0.05) is 34.0 Å². The average Bonchev–Trinajstić information content (AvgIpc) is 2.46. The van der Waals surface area contributed by atoms with Crippen molar-refractivity contribution in [3.05, 3.63) is 34.3 Å². The molecule has 1 rings (SSSR count). The maximum Gasteiger partial charge on any atom is 0.327 e. The number of methoxy groups -OCH3 is 1. The van der Waals surface area contributed by atoms with Crippen molar-refractivity contribution in [2.75, 3.05) is 20.2 Å². The molecule has 0 aliphatic heterocycles. The summed E-state index contributed by atoms with van der Waals surface area (Å²) in [5, 5.41) is 5.35. The van der Waals surface area contributed by atoms with Gasteiger partial charge in [0.2, 0.25) is 5.91 Å². The van der Waals surface area contributed by atoms with E-state index in [1.807, 2.05) is 12.1 Å². The SMILES string of the molecule is C#CCNC(=O)CNC(C(=O)OC)c1ccc(Br)cc1. The summed E-state index contributed by atoms with van der Waals surface area (Å²) in [5.41, 5.74) is 0.713. The molecule has 0 saturated heterocycles. The summed E-state index contributed by atoms with van der Waals surface area (Å²) >= 11 is 3.32. The summed E-state index contributed by atoms with van der Waals surface area (Å²) in [6.07, 6.45) is 5.04. The Labute approximate surface area is 126 Å². The molecule has 0 fully saturated rings. The van der Waals surface area contributed by atoms with Crippen molar-refractivity contribution in [3.8, 4) is 12.3 Å². The third kappa shape index (κ3) is 5.03. The van der Waals surface area contributed by atoms with E-state index in [1.165, 1.54) is 7.11 Å². The summed E-state index contributed by atoms with van der Waals surface area (Å²) in [6, 6.07) is 6.47. The second-order valence-corrected chi connectivity index (χ2v) is 4.79. The fourth-order valence-corrected chi connectivity index (χ4v) is 1.78. The van der Waals surface area contributed by atoms with Crippen LogP contribution in [0, 0.1) is 12.3 Å². The lowest BCUT2D eigenvalue weighted by Gasteiger charge is -2.16. The number of halogens is 1. The summed E-state index contributed by atoms with van der Waals surface area (Å²) in [7, 11) is 1.30. The molecule has 0 spiro atoms. The molecule has 1 unspecified atom stereocenters. The molecule has 0 heterocycles. The molecule has 0 saturated carbocycles. The molecule has 2 N–H and O–H groups in total. The Bertz CT molecular complexity index is 508. The van der Waals surface area contributed by atoms with Crippen LogP contribution >= 0.6 is 15.9 Å². The average molecular weight is 339 g/mol. The largest absolute Gasteiger partial charge is 0.468 e. The highest BCUT2D eigenvalue weighted by Crippen LogP contribution is 2.17. The quantitative estimate of drug-likeness (QED) is 0.600. The Balaban J connectivity index is 2.71. The van der Waals surface area contributed by atoms with Gasteiger partial charge in [-0.05, 0) is 17.7 Å². The van der Waals surface area contributed by atoms with Crippen LogP contribution in [-0.4, -0.2) is 32.1 Å². The van der Waals surface area contributed by atoms with Gasteiger partial charge in [-0.15, -0.1) is 6.42 Å². The lowest BCUT2D eigenvalue weighted by Crippen LogP contribution is -2.38. The van der Waals surface area contributed by atoms with Crippen LogP contribution in [0.4, 0.5) is 0 Å². The zero-order chi connectivity index (χ0) is 15.0. The predicted octanol–water partition coefficient (Wildman–Crippen LogP) is 1.00. The molecule has 20 heavy (non-hydrogen) atoms. The van der Waals surface area contributed by atoms with Crippen LogP contribution in [0.25, 0.3) is 0 Å². The minimum Gasteiger partial charge on any atom is -0.468 e. The number of ether oxygens (including phenoxy) is 1. The molecule has 106 valence electrons. The van der Waals surface area contributed by atoms with Crippen molar-refractivity contribution in [1.29, 1.82) is 0 Å². The molecule has 0 aliphatic carbocycles. The molecule has 0 radical (unpaired) electrons. The minimum absolute atomic E-state index is 0.0302. The number of hydrogen-bond donors (Lipinski definition) is 2. The van der Waals surface area contributed by atoms with Crippen LogP contribution in [0.3, 0.4) is 0 Å². The minimum atomic E-state index is -0.704. The standard InChI is InChI=1S/C14H15BrN2O3/c1-3-8-16-12(18)9-17-13(14(19)20-2)10-4-6-11(15)7-5-10/h1,4-7,13,17H,8-9H2,2H3,(H,16,18). The van der Waals surface area contributed by atoms with Crippen LogP contribution in [-0.2, 0) is 14.3 Å². The summed E-state index contributed by atoms with van der Waals surface area (Å²) in [5.74, 6) is 1.56. The third-order valence-corrected chi connectivity index (χ3v) is 3.02. The molecule has 5 nitrogen and oxygen atoms in total. The van der Waals surface area contributed by atoms with Gasteiger partial charge in [0.1, 0.15) is 6.04 Å². The summed E-state index contributed by atoms with van der Waals surface area (Å²) in [6.45, 7) is 0.124. The number of benzene rings is 1. The van der Waals surface area contributed by atoms with E-state index < -0.39 is 12.0 Å². The van der Waals surface area contributed by atoms with Gasteiger partial charge < -0.3 is 10.1 Å². The van der Waals surface area contributed by atoms with Crippen molar-refractivity contribution in [2.45, 2.75) is 6.04 Å². The number of carbonyl (C=O) groups excluding carboxylic acids is 2. The van der Waals surface area contributed by atoms with Gasteiger partial charge >= 0.3 is 5.97 Å². The molecule has 1 aromatic rings. The number of nitrogens with one attached hydrogen (secondary N) is 2. The van der Waals surface area contributed by atoms with Crippen LogP contribution in [0.15, 0.2) is 28.7 Å². The third-order valence-electron chi connectivity index (χ3n) is 2.49. The molecule has 1 aromatic carbocycles. The summed E-state index contributed by atoms with van der Waals surface area (Å²) < 4.78 is 5.63. The van der Waals surface area contributed by atoms with Crippen LogP contribution in [0.1, 0.15) is 11.6 Å². The molecule has 0 bridgehead atoms. The molecule has 0 aliphatic rings. The fraction of sp³-hybridized carbons (Fsp3) is 0.286. The number of carbonyl (C=O) groups is 2. The van der Waals surface area contributed by atoms with Crippen molar-refractivity contribution in [3.63, 3.8) is 0 Å². The zero-order valence-corrected chi connectivity index (χ0v) is 12.6. The Kier molecular flexibility index (Phi) is 6.77. The highest BCUT2D eigenvalue weighted by atomic mass is 79.9. The van der Waals surface area contributed by atoms with E-state index in [0.717, 1.165) is 4.47 Å². The van der Waals surface area contributed by atoms with Gasteiger partial charge in [0.15, 0.2) is 0 Å². The number of esters is 1. The number of amides is 1. The van der Waals surface area contributed by atoms with Crippen molar-refractivity contribution >= 4 is 27.8 Å². The van der Waals surface area contributed by atoms with Crippen LogP contribution in [0.5, 0.6) is 0 Å². The van der Waals surface area contributed by atoms with E-state index in [2.05, 4.69) is 32.5 Å². The normalized spacial score (nSPS) is 11.2. The second-order valence-electron chi connectivity index (χ2n) is 3.87. The number of terminal acetylenes is 1. The van der Waals surface area contributed by atoms with E-state index in [-0.39, 0.29) is 19.0 Å². The first-order chi connectivity index (χ1) is 9.58. The maximum absolute atomic E-state index is 11.8. The first-order valence-corrected chi connectivity index (χ1v) is 6.64. The fourth-order valence-electron chi connectivity index (χ4n) is 1.52. The zero-order valence-electron chi connectivity index (χ0n) is 11.0. The lowest BCUT2D eigenvalue weighted by atomic mass is 10.1. The van der Waals surface area contributed by atoms with Gasteiger partial charge in [-0.3, -0.25) is 10.1 Å². The Hall–Kier alpha value is -1.84. The Morgan fingerprint density at radius 3 is 2.60 bits per heavy atom. The van der Waals surface area contributed by atoms with E-state index in [0.29, 0.717) is 5.56 Å². The van der Waals surface area contributed by atoms with Gasteiger partial charge in [0.05, 0.1) is 20.2 Å². The van der Waals surface area contributed by atoms with Crippen molar-refractivity contribution < 1.29 is 14.3 Å². The molecular formula is C14H15BrN2O3. The smallest absolute Gasteiger partial charge is 0.327 e. The van der Waals surface area contributed by atoms with Crippen molar-refractivity contribution in [1.82, 2.24) is 10.6 Å². The Morgan fingerprint density at radius 2 is 2.05 bits per heavy atom. The van der Waals surface area contributed by atoms with E-state index in [4.69, 9.17) is 11.2 Å². The highest BCUT2D eigenvalue weighted by Gasteiger charge is 2.21. The molecule has 0 aromatic heterocycles. The lowest BCUT2D eigenvalue weighted by molar-refractivity contribution is -0.143. The Morgan fingerprint density at radius 1 is 1.40 bits per heavy atom. The van der Waals surface area contributed by atoms with Gasteiger partial charge in [-0.25, -0.2) is 4.79 Å². The molecule has 6 heteroatoms. The van der Waals surface area contributed by atoms with Gasteiger partial charge in [0, 0.05) is 4.47 Å². The van der Waals surface area contributed by atoms with Gasteiger partial charge in [-0.2, -0.15) is 0 Å². The molecular weight excluding hydrogens is 324 g/mol. The van der Waals surface area contributed by atoms with E-state index >= 15 is 0 Å².